The van der Waals surface area contributed by atoms with Gasteiger partial charge in [0, 0.05) is 5.69 Å². The molecule has 2 aromatic carbocycles. The van der Waals surface area contributed by atoms with Gasteiger partial charge >= 0.3 is 5.97 Å². The number of benzene rings is 2. The van der Waals surface area contributed by atoms with E-state index in [0.29, 0.717) is 5.56 Å². The van der Waals surface area contributed by atoms with Crippen molar-refractivity contribution >= 4 is 27.6 Å². The summed E-state index contributed by atoms with van der Waals surface area (Å²) < 4.78 is 44.2. The molecule has 0 heterocycles. The van der Waals surface area contributed by atoms with Crippen LogP contribution in [-0.4, -0.2) is 26.9 Å². The highest BCUT2D eigenvalue weighted by Crippen LogP contribution is 2.17. The van der Waals surface area contributed by atoms with E-state index in [-0.39, 0.29) is 17.0 Å². The number of amides is 1. The summed E-state index contributed by atoms with van der Waals surface area (Å²) in [6.07, 6.45) is -0.0850. The fourth-order valence-corrected chi connectivity index (χ4v) is 2.95. The summed E-state index contributed by atoms with van der Waals surface area (Å²) in [5.74, 6) is -1.91. The minimum atomic E-state index is -3.84. The minimum Gasteiger partial charge on any atom is -0.455 e. The number of esters is 1. The molecule has 0 bridgehead atoms. The van der Waals surface area contributed by atoms with Crippen LogP contribution in [0.2, 0.25) is 0 Å². The third kappa shape index (κ3) is 5.57. The van der Waals surface area contributed by atoms with E-state index < -0.39 is 34.3 Å². The smallest absolute Gasteiger partial charge is 0.310 e. The zero-order valence-electron chi connectivity index (χ0n) is 12.9. The fourth-order valence-electron chi connectivity index (χ4n) is 1.89. The SMILES string of the molecule is NC(=O)COC(=O)Cc1ccc(NS(=O)(=O)c2ccc(F)cc2)cc1. The van der Waals surface area contributed by atoms with Crippen LogP contribution in [0, 0.1) is 5.82 Å². The van der Waals surface area contributed by atoms with Gasteiger partial charge < -0.3 is 10.5 Å². The van der Waals surface area contributed by atoms with E-state index in [0.717, 1.165) is 24.3 Å². The number of sulfonamides is 1. The Morgan fingerprint density at radius 2 is 1.64 bits per heavy atom. The second kappa shape index (κ2) is 7.75. The van der Waals surface area contributed by atoms with E-state index >= 15 is 0 Å². The highest BCUT2D eigenvalue weighted by atomic mass is 32.2. The summed E-state index contributed by atoms with van der Waals surface area (Å²) in [4.78, 5) is 21.9. The third-order valence-electron chi connectivity index (χ3n) is 3.05. The lowest BCUT2D eigenvalue weighted by Gasteiger charge is -2.09. The molecule has 0 unspecified atom stereocenters. The summed E-state index contributed by atoms with van der Waals surface area (Å²) in [6.45, 7) is -0.492. The normalized spacial score (nSPS) is 10.9. The molecule has 2 aromatic rings. The van der Waals surface area contributed by atoms with Gasteiger partial charge in [-0.2, -0.15) is 0 Å². The number of halogens is 1. The van der Waals surface area contributed by atoms with Gasteiger partial charge in [-0.25, -0.2) is 12.8 Å². The molecule has 25 heavy (non-hydrogen) atoms. The highest BCUT2D eigenvalue weighted by Gasteiger charge is 2.14. The number of rotatable bonds is 7. The van der Waals surface area contributed by atoms with Crippen molar-refractivity contribution in [3.8, 4) is 0 Å². The van der Waals surface area contributed by atoms with Crippen LogP contribution in [0.15, 0.2) is 53.4 Å². The van der Waals surface area contributed by atoms with Crippen LogP contribution in [0.5, 0.6) is 0 Å². The largest absolute Gasteiger partial charge is 0.455 e. The van der Waals surface area contributed by atoms with Gasteiger partial charge in [0.2, 0.25) is 0 Å². The molecular weight excluding hydrogens is 351 g/mol. The predicted octanol–water partition coefficient (Wildman–Crippen LogP) is 1.20. The number of hydrogen-bond donors (Lipinski definition) is 2. The van der Waals surface area contributed by atoms with E-state index in [2.05, 4.69) is 9.46 Å². The predicted molar refractivity (Wildman–Crippen MR) is 87.5 cm³/mol. The van der Waals surface area contributed by atoms with E-state index in [1.165, 1.54) is 24.3 Å². The van der Waals surface area contributed by atoms with Gasteiger partial charge in [0.25, 0.3) is 15.9 Å². The molecule has 0 aliphatic carbocycles. The number of primary amides is 1. The molecule has 7 nitrogen and oxygen atoms in total. The quantitative estimate of drug-likeness (QED) is 0.714. The van der Waals surface area contributed by atoms with Gasteiger partial charge in [0.1, 0.15) is 5.82 Å². The molecule has 0 aliphatic heterocycles. The molecule has 0 atom stereocenters. The van der Waals surface area contributed by atoms with Gasteiger partial charge in [0.15, 0.2) is 6.61 Å². The molecule has 0 saturated carbocycles. The Morgan fingerprint density at radius 1 is 1.04 bits per heavy atom. The van der Waals surface area contributed by atoms with Crippen LogP contribution in [0.4, 0.5) is 10.1 Å². The minimum absolute atomic E-state index is 0.0759. The lowest BCUT2D eigenvalue weighted by molar-refractivity contribution is -0.147. The van der Waals surface area contributed by atoms with Crippen LogP contribution in [0.25, 0.3) is 0 Å². The second-order valence-corrected chi connectivity index (χ2v) is 6.74. The first-order valence-electron chi connectivity index (χ1n) is 7.07. The first-order chi connectivity index (χ1) is 11.8. The first-order valence-corrected chi connectivity index (χ1v) is 8.56. The average Bonchev–Trinajstić information content (AvgIpc) is 2.55. The maximum atomic E-state index is 12.9. The summed E-state index contributed by atoms with van der Waals surface area (Å²) in [5.41, 5.74) is 5.71. The average molecular weight is 366 g/mol. The molecule has 0 saturated heterocycles. The maximum Gasteiger partial charge on any atom is 0.310 e. The zero-order valence-corrected chi connectivity index (χ0v) is 13.8. The molecule has 9 heteroatoms. The lowest BCUT2D eigenvalue weighted by Crippen LogP contribution is -2.21. The van der Waals surface area contributed by atoms with Gasteiger partial charge in [0.05, 0.1) is 11.3 Å². The molecule has 0 spiro atoms. The van der Waals surface area contributed by atoms with Crippen molar-refractivity contribution in [3.63, 3.8) is 0 Å². The summed E-state index contributed by atoms with van der Waals surface area (Å²) >= 11 is 0. The molecule has 3 N–H and O–H groups in total. The van der Waals surface area contributed by atoms with E-state index in [1.54, 1.807) is 0 Å². The Labute approximate surface area is 143 Å². The lowest BCUT2D eigenvalue weighted by atomic mass is 10.1. The number of carbonyl (C=O) groups excluding carboxylic acids is 2. The van der Waals surface area contributed by atoms with E-state index in [9.17, 15) is 22.4 Å². The molecule has 1 amide bonds. The monoisotopic (exact) mass is 366 g/mol. The van der Waals surface area contributed by atoms with Crippen molar-refractivity contribution < 1.29 is 27.1 Å². The van der Waals surface area contributed by atoms with Crippen LogP contribution in [0.3, 0.4) is 0 Å². The topological polar surface area (TPSA) is 116 Å². The van der Waals surface area contributed by atoms with Crippen LogP contribution < -0.4 is 10.5 Å². The van der Waals surface area contributed by atoms with Crippen LogP contribution in [-0.2, 0) is 30.8 Å². The van der Waals surface area contributed by atoms with Crippen LogP contribution >= 0.6 is 0 Å². The van der Waals surface area contributed by atoms with Crippen molar-refractivity contribution in [1.29, 1.82) is 0 Å². The summed E-state index contributed by atoms with van der Waals surface area (Å²) in [6, 6.07) is 10.4. The van der Waals surface area contributed by atoms with Gasteiger partial charge in [-0.15, -0.1) is 0 Å². The number of ether oxygens (including phenoxy) is 1. The van der Waals surface area contributed by atoms with E-state index in [1.807, 2.05) is 0 Å². The number of anilines is 1. The van der Waals surface area contributed by atoms with Crippen LogP contribution in [0.1, 0.15) is 5.56 Å². The molecule has 0 fully saturated rings. The Balaban J connectivity index is 2.01. The van der Waals surface area contributed by atoms with E-state index in [4.69, 9.17) is 5.73 Å². The standard InChI is InChI=1S/C16H15FN2O5S/c17-12-3-7-14(8-4-12)25(22,23)19-13-5-1-11(2-6-13)9-16(21)24-10-15(18)20/h1-8,19H,9-10H2,(H2,18,20). The summed E-state index contributed by atoms with van der Waals surface area (Å²) in [5, 5.41) is 0. The summed E-state index contributed by atoms with van der Waals surface area (Å²) in [7, 11) is -3.84. The first kappa shape index (κ1) is 18.4. The highest BCUT2D eigenvalue weighted by molar-refractivity contribution is 7.92. The Bertz CT molecular complexity index is 864. The molecule has 0 aliphatic rings. The number of nitrogens with one attached hydrogen (secondary N) is 1. The molecular formula is C16H15FN2O5S. The molecule has 132 valence electrons. The second-order valence-electron chi connectivity index (χ2n) is 5.06. The Kier molecular flexibility index (Phi) is 5.71. The number of carbonyl (C=O) groups is 2. The van der Waals surface area contributed by atoms with Crippen molar-refractivity contribution in [2.45, 2.75) is 11.3 Å². The number of nitrogens with two attached hydrogens (primary N) is 1. The zero-order chi connectivity index (χ0) is 18.4. The molecule has 2 rings (SSSR count). The Morgan fingerprint density at radius 3 is 2.20 bits per heavy atom. The number of hydrogen-bond acceptors (Lipinski definition) is 5. The molecule has 0 aromatic heterocycles. The third-order valence-corrected chi connectivity index (χ3v) is 4.45. The van der Waals surface area contributed by atoms with Crippen molar-refractivity contribution in [3.05, 3.63) is 59.9 Å². The van der Waals surface area contributed by atoms with Gasteiger partial charge in [-0.05, 0) is 42.0 Å². The Hall–Kier alpha value is -2.94. The molecule has 0 radical (unpaired) electrons. The van der Waals surface area contributed by atoms with Gasteiger partial charge in [-0.1, -0.05) is 12.1 Å². The van der Waals surface area contributed by atoms with Crippen molar-refractivity contribution in [1.82, 2.24) is 0 Å². The maximum absolute atomic E-state index is 12.9. The fraction of sp³-hybridized carbons (Fsp3) is 0.125. The van der Waals surface area contributed by atoms with Gasteiger partial charge in [-0.3, -0.25) is 14.3 Å². The van der Waals surface area contributed by atoms with Crippen molar-refractivity contribution in [2.75, 3.05) is 11.3 Å². The van der Waals surface area contributed by atoms with Crippen molar-refractivity contribution in [2.24, 2.45) is 5.73 Å².